The van der Waals surface area contributed by atoms with Crippen LogP contribution in [0.2, 0.25) is 0 Å². The number of fused-ring (bicyclic) bond motifs is 1. The average molecular weight is 408 g/mol. The minimum absolute atomic E-state index is 0.180. The van der Waals surface area contributed by atoms with Crippen molar-refractivity contribution in [2.24, 2.45) is 0 Å². The number of hydrogen-bond acceptors (Lipinski definition) is 7. The Balaban J connectivity index is 1.82. The van der Waals surface area contributed by atoms with Gasteiger partial charge in [0.05, 0.1) is 22.3 Å². The molecule has 0 bridgehead atoms. The summed E-state index contributed by atoms with van der Waals surface area (Å²) in [7, 11) is -3.23. The van der Waals surface area contributed by atoms with Crippen LogP contribution in [0.5, 0.6) is 0 Å². The van der Waals surface area contributed by atoms with E-state index in [-0.39, 0.29) is 6.04 Å². The summed E-state index contributed by atoms with van der Waals surface area (Å²) in [6.45, 7) is 4.09. The van der Waals surface area contributed by atoms with Crippen LogP contribution in [-0.4, -0.2) is 35.9 Å². The second kappa shape index (κ2) is 7.29. The highest BCUT2D eigenvalue weighted by molar-refractivity contribution is 7.90. The van der Waals surface area contributed by atoms with Crippen LogP contribution in [0, 0.1) is 0 Å². The summed E-state index contributed by atoms with van der Waals surface area (Å²) < 4.78 is 28.8. The lowest BCUT2D eigenvalue weighted by Crippen LogP contribution is -2.12. The highest BCUT2D eigenvalue weighted by Crippen LogP contribution is 2.33. The molecule has 4 aromatic rings. The van der Waals surface area contributed by atoms with Crippen LogP contribution in [0.25, 0.3) is 33.6 Å². The topological polar surface area (TPSA) is 98.0 Å². The lowest BCUT2D eigenvalue weighted by Gasteiger charge is -2.15. The first-order valence-corrected chi connectivity index (χ1v) is 11.0. The largest absolute Gasteiger partial charge is 0.443 e. The second-order valence-corrected chi connectivity index (χ2v) is 9.10. The minimum atomic E-state index is -3.23. The Morgan fingerprint density at radius 1 is 1.00 bits per heavy atom. The van der Waals surface area contributed by atoms with Gasteiger partial charge in [-0.3, -0.25) is 0 Å². The standard InChI is InChI=1S/C21H20N4O3S/c1-13(2)23-19-17-9-6-15(14-4-7-16(8-5-14)29(3,26)27)12-18(17)24-25-20(19)21-22-10-11-28-21/h4-13H,1-3H3,(H,23,24). The maximum atomic E-state index is 11.7. The third-order valence-corrected chi connectivity index (χ3v) is 5.57. The molecule has 8 heteroatoms. The molecule has 1 N–H and O–H groups in total. The van der Waals surface area contributed by atoms with Crippen LogP contribution in [0.3, 0.4) is 0 Å². The lowest BCUT2D eigenvalue weighted by molar-refractivity contribution is 0.571. The van der Waals surface area contributed by atoms with Crippen molar-refractivity contribution in [3.63, 3.8) is 0 Å². The molecule has 2 aromatic heterocycles. The van der Waals surface area contributed by atoms with E-state index in [9.17, 15) is 8.42 Å². The zero-order valence-corrected chi connectivity index (χ0v) is 17.1. The summed E-state index contributed by atoms with van der Waals surface area (Å²) in [5.74, 6) is 0.406. The highest BCUT2D eigenvalue weighted by atomic mass is 32.2. The van der Waals surface area contributed by atoms with Crippen molar-refractivity contribution in [2.75, 3.05) is 11.6 Å². The number of oxazole rings is 1. The molecule has 29 heavy (non-hydrogen) atoms. The molecule has 0 unspecified atom stereocenters. The Labute approximate surface area is 168 Å². The molecule has 0 radical (unpaired) electrons. The van der Waals surface area contributed by atoms with Crippen molar-refractivity contribution in [1.29, 1.82) is 0 Å². The summed E-state index contributed by atoms with van der Waals surface area (Å²) in [6, 6.07) is 12.9. The number of nitrogens with one attached hydrogen (secondary N) is 1. The third kappa shape index (κ3) is 3.84. The molecule has 148 valence electrons. The number of hydrogen-bond donors (Lipinski definition) is 1. The summed E-state index contributed by atoms with van der Waals surface area (Å²) in [5, 5.41) is 13.0. The maximum absolute atomic E-state index is 11.7. The van der Waals surface area contributed by atoms with Crippen LogP contribution in [-0.2, 0) is 9.84 Å². The van der Waals surface area contributed by atoms with Crippen LogP contribution in [0.1, 0.15) is 13.8 Å². The number of nitrogens with zero attached hydrogens (tertiary/aromatic N) is 3. The van der Waals surface area contributed by atoms with Crippen molar-refractivity contribution in [3.8, 4) is 22.7 Å². The van der Waals surface area contributed by atoms with Gasteiger partial charge in [0.2, 0.25) is 5.89 Å². The third-order valence-electron chi connectivity index (χ3n) is 4.45. The van der Waals surface area contributed by atoms with Crippen LogP contribution in [0.15, 0.2) is 64.2 Å². The predicted octanol–water partition coefficient (Wildman–Crippen LogP) is 4.18. The summed E-state index contributed by atoms with van der Waals surface area (Å²) >= 11 is 0. The molecule has 0 atom stereocenters. The van der Waals surface area contributed by atoms with E-state index in [2.05, 4.69) is 20.5 Å². The van der Waals surface area contributed by atoms with Gasteiger partial charge in [0.25, 0.3) is 0 Å². The van der Waals surface area contributed by atoms with Gasteiger partial charge in [-0.15, -0.1) is 10.2 Å². The van der Waals surface area contributed by atoms with E-state index in [1.54, 1.807) is 30.5 Å². The second-order valence-electron chi connectivity index (χ2n) is 7.09. The van der Waals surface area contributed by atoms with Gasteiger partial charge in [0.15, 0.2) is 15.5 Å². The monoisotopic (exact) mass is 408 g/mol. The number of sulfone groups is 1. The van der Waals surface area contributed by atoms with E-state index in [4.69, 9.17) is 4.42 Å². The van der Waals surface area contributed by atoms with Gasteiger partial charge in [-0.25, -0.2) is 13.4 Å². The molecular weight excluding hydrogens is 388 g/mol. The molecule has 0 aliphatic carbocycles. The molecule has 0 amide bonds. The van der Waals surface area contributed by atoms with Crippen molar-refractivity contribution >= 4 is 26.4 Å². The average Bonchev–Trinajstić information content (AvgIpc) is 3.21. The van der Waals surface area contributed by atoms with Crippen LogP contribution in [0.4, 0.5) is 5.69 Å². The Morgan fingerprint density at radius 3 is 2.34 bits per heavy atom. The van der Waals surface area contributed by atoms with Crippen molar-refractivity contribution in [1.82, 2.24) is 15.2 Å². The predicted molar refractivity (Wildman–Crippen MR) is 112 cm³/mol. The van der Waals surface area contributed by atoms with Crippen molar-refractivity contribution < 1.29 is 12.8 Å². The van der Waals surface area contributed by atoms with Gasteiger partial charge in [-0.2, -0.15) is 0 Å². The summed E-state index contributed by atoms with van der Waals surface area (Å²) in [6.07, 6.45) is 4.27. The molecule has 0 saturated heterocycles. The molecule has 0 spiro atoms. The first-order chi connectivity index (χ1) is 13.8. The van der Waals surface area contributed by atoms with E-state index < -0.39 is 9.84 Å². The zero-order chi connectivity index (χ0) is 20.6. The van der Waals surface area contributed by atoms with E-state index in [0.717, 1.165) is 22.2 Å². The fourth-order valence-electron chi connectivity index (χ4n) is 3.11. The molecule has 0 aliphatic rings. The van der Waals surface area contributed by atoms with Gasteiger partial charge in [-0.05, 0) is 49.2 Å². The smallest absolute Gasteiger partial charge is 0.249 e. The fourth-order valence-corrected chi connectivity index (χ4v) is 3.74. The molecule has 4 rings (SSSR count). The Bertz CT molecular complexity index is 1270. The van der Waals surface area contributed by atoms with Gasteiger partial charge in [0.1, 0.15) is 6.26 Å². The van der Waals surface area contributed by atoms with E-state index in [1.165, 1.54) is 12.5 Å². The molecule has 0 aliphatic heterocycles. The number of anilines is 1. The minimum Gasteiger partial charge on any atom is -0.443 e. The van der Waals surface area contributed by atoms with E-state index in [1.807, 2.05) is 32.0 Å². The fraction of sp³-hybridized carbons (Fsp3) is 0.190. The Hall–Kier alpha value is -3.26. The van der Waals surface area contributed by atoms with Gasteiger partial charge in [-0.1, -0.05) is 18.2 Å². The van der Waals surface area contributed by atoms with Crippen molar-refractivity contribution in [2.45, 2.75) is 24.8 Å². The van der Waals surface area contributed by atoms with Gasteiger partial charge >= 0.3 is 0 Å². The first-order valence-electron chi connectivity index (χ1n) is 9.10. The highest BCUT2D eigenvalue weighted by Gasteiger charge is 2.17. The quantitative estimate of drug-likeness (QED) is 0.529. The Morgan fingerprint density at radius 2 is 1.72 bits per heavy atom. The lowest BCUT2D eigenvalue weighted by atomic mass is 10.0. The van der Waals surface area contributed by atoms with Gasteiger partial charge < -0.3 is 9.73 Å². The summed E-state index contributed by atoms with van der Waals surface area (Å²) in [5.41, 5.74) is 3.91. The van der Waals surface area contributed by atoms with E-state index >= 15 is 0 Å². The SMILES string of the molecule is CC(C)Nc1c(-c2ncco2)nnc2cc(-c3ccc(S(C)(=O)=O)cc3)ccc12. The van der Waals surface area contributed by atoms with E-state index in [0.29, 0.717) is 22.0 Å². The van der Waals surface area contributed by atoms with Crippen LogP contribution >= 0.6 is 0 Å². The molecule has 0 fully saturated rings. The zero-order valence-electron chi connectivity index (χ0n) is 16.2. The Kier molecular flexibility index (Phi) is 4.79. The number of aromatic nitrogens is 3. The van der Waals surface area contributed by atoms with Crippen molar-refractivity contribution in [3.05, 3.63) is 54.9 Å². The molecule has 2 heterocycles. The van der Waals surface area contributed by atoms with Crippen LogP contribution < -0.4 is 5.32 Å². The molecule has 2 aromatic carbocycles. The normalized spacial score (nSPS) is 11.9. The maximum Gasteiger partial charge on any atom is 0.249 e. The molecular formula is C21H20N4O3S. The summed E-state index contributed by atoms with van der Waals surface area (Å²) in [4.78, 5) is 4.49. The van der Waals surface area contributed by atoms with Gasteiger partial charge in [0, 0.05) is 17.7 Å². The number of rotatable bonds is 5. The number of benzene rings is 2. The molecule has 0 saturated carbocycles. The first kappa shape index (κ1) is 19.1. The molecule has 7 nitrogen and oxygen atoms in total.